The van der Waals surface area contributed by atoms with Crippen LogP contribution in [-0.2, 0) is 14.8 Å². The predicted octanol–water partition coefficient (Wildman–Crippen LogP) is 2.33. The Morgan fingerprint density at radius 2 is 2.26 bits per heavy atom. The summed E-state index contributed by atoms with van der Waals surface area (Å²) >= 11 is 5.74. The van der Waals surface area contributed by atoms with Crippen molar-refractivity contribution in [2.75, 3.05) is 13.2 Å². The van der Waals surface area contributed by atoms with Crippen LogP contribution in [0.15, 0.2) is 23.1 Å². The molecule has 106 valence electrons. The van der Waals surface area contributed by atoms with Crippen LogP contribution < -0.4 is 4.72 Å². The Labute approximate surface area is 117 Å². The van der Waals surface area contributed by atoms with E-state index in [1.807, 2.05) is 0 Å². The molecule has 4 nitrogen and oxygen atoms in total. The fourth-order valence-corrected chi connectivity index (χ4v) is 3.57. The van der Waals surface area contributed by atoms with Gasteiger partial charge >= 0.3 is 0 Å². The minimum atomic E-state index is -3.70. The van der Waals surface area contributed by atoms with Crippen molar-refractivity contribution >= 4 is 21.6 Å². The van der Waals surface area contributed by atoms with E-state index in [0.29, 0.717) is 6.42 Å². The summed E-state index contributed by atoms with van der Waals surface area (Å²) in [6, 6.07) is 3.21. The van der Waals surface area contributed by atoms with Gasteiger partial charge < -0.3 is 4.74 Å². The molecule has 1 fully saturated rings. The van der Waals surface area contributed by atoms with E-state index in [-0.39, 0.29) is 22.6 Å². The maximum atomic E-state index is 12.9. The zero-order valence-electron chi connectivity index (χ0n) is 10.2. The molecule has 1 unspecified atom stereocenters. The highest BCUT2D eigenvalue weighted by atomic mass is 35.5. The maximum Gasteiger partial charge on any atom is 0.242 e. The SMILES string of the molecule is O=S(=O)(NCCC1CCCO1)c1ccc(F)cc1Cl. The van der Waals surface area contributed by atoms with E-state index in [2.05, 4.69) is 4.72 Å². The van der Waals surface area contributed by atoms with Crippen molar-refractivity contribution < 1.29 is 17.5 Å². The highest BCUT2D eigenvalue weighted by molar-refractivity contribution is 7.89. The van der Waals surface area contributed by atoms with Crippen LogP contribution in [-0.4, -0.2) is 27.7 Å². The van der Waals surface area contributed by atoms with Gasteiger partial charge in [0.2, 0.25) is 10.0 Å². The molecule has 2 rings (SSSR count). The van der Waals surface area contributed by atoms with Gasteiger partial charge in [-0.25, -0.2) is 17.5 Å². The highest BCUT2D eigenvalue weighted by Gasteiger charge is 2.20. The second kappa shape index (κ2) is 6.17. The normalized spacial score (nSPS) is 19.8. The minimum absolute atomic E-state index is 0.108. The first-order valence-corrected chi connectivity index (χ1v) is 7.91. The predicted molar refractivity (Wildman–Crippen MR) is 70.2 cm³/mol. The molecule has 19 heavy (non-hydrogen) atoms. The van der Waals surface area contributed by atoms with Crippen LogP contribution in [0.4, 0.5) is 4.39 Å². The van der Waals surface area contributed by atoms with Gasteiger partial charge in [-0.15, -0.1) is 0 Å². The van der Waals surface area contributed by atoms with Gasteiger partial charge in [0.05, 0.1) is 11.1 Å². The molecule has 1 aromatic carbocycles. The molecule has 7 heteroatoms. The largest absolute Gasteiger partial charge is 0.378 e. The lowest BCUT2D eigenvalue weighted by Gasteiger charge is -2.11. The number of halogens is 2. The van der Waals surface area contributed by atoms with E-state index < -0.39 is 15.8 Å². The van der Waals surface area contributed by atoms with Crippen LogP contribution in [0.2, 0.25) is 5.02 Å². The van der Waals surface area contributed by atoms with Crippen LogP contribution in [0, 0.1) is 5.82 Å². The first kappa shape index (κ1) is 14.7. The van der Waals surface area contributed by atoms with Crippen molar-refractivity contribution in [3.05, 3.63) is 29.0 Å². The van der Waals surface area contributed by atoms with Crippen LogP contribution in [0.25, 0.3) is 0 Å². The molecular weight excluding hydrogens is 293 g/mol. The number of sulfonamides is 1. The van der Waals surface area contributed by atoms with Gasteiger partial charge in [0.15, 0.2) is 0 Å². The van der Waals surface area contributed by atoms with Crippen LogP contribution in [0.1, 0.15) is 19.3 Å². The van der Waals surface area contributed by atoms with Crippen molar-refractivity contribution in [3.63, 3.8) is 0 Å². The summed E-state index contributed by atoms with van der Waals surface area (Å²) in [6.45, 7) is 1.02. The third kappa shape index (κ3) is 3.89. The second-order valence-corrected chi connectivity index (χ2v) is 6.54. The Bertz CT molecular complexity index is 544. The zero-order chi connectivity index (χ0) is 13.9. The summed E-state index contributed by atoms with van der Waals surface area (Å²) in [4.78, 5) is -0.108. The molecule has 0 amide bonds. The number of hydrogen-bond acceptors (Lipinski definition) is 3. The van der Waals surface area contributed by atoms with Crippen LogP contribution in [0.5, 0.6) is 0 Å². The summed E-state index contributed by atoms with van der Waals surface area (Å²) in [7, 11) is -3.70. The van der Waals surface area contributed by atoms with Gasteiger partial charge in [-0.1, -0.05) is 11.6 Å². The monoisotopic (exact) mass is 307 g/mol. The highest BCUT2D eigenvalue weighted by Crippen LogP contribution is 2.22. The van der Waals surface area contributed by atoms with Crippen LogP contribution >= 0.6 is 11.6 Å². The fraction of sp³-hybridized carbons (Fsp3) is 0.500. The first-order valence-electron chi connectivity index (χ1n) is 6.05. The summed E-state index contributed by atoms with van der Waals surface area (Å²) in [5.41, 5.74) is 0. The molecule has 0 radical (unpaired) electrons. The molecule has 0 aliphatic carbocycles. The van der Waals surface area contributed by atoms with Crippen molar-refractivity contribution in [1.29, 1.82) is 0 Å². The van der Waals surface area contributed by atoms with Gasteiger partial charge in [0.25, 0.3) is 0 Å². The minimum Gasteiger partial charge on any atom is -0.378 e. The molecule has 1 aromatic rings. The Morgan fingerprint density at radius 3 is 2.89 bits per heavy atom. The van der Waals surface area contributed by atoms with Gasteiger partial charge in [0.1, 0.15) is 10.7 Å². The molecule has 1 aliphatic heterocycles. The Hall–Kier alpha value is -0.690. The molecule has 0 aromatic heterocycles. The average molecular weight is 308 g/mol. The van der Waals surface area contributed by atoms with E-state index in [1.165, 1.54) is 0 Å². The lowest BCUT2D eigenvalue weighted by Crippen LogP contribution is -2.27. The third-order valence-electron chi connectivity index (χ3n) is 2.97. The first-order chi connectivity index (χ1) is 8.99. The zero-order valence-corrected chi connectivity index (χ0v) is 11.8. The Morgan fingerprint density at radius 1 is 1.47 bits per heavy atom. The molecule has 1 aliphatic rings. The molecule has 1 saturated heterocycles. The van der Waals surface area contributed by atoms with E-state index >= 15 is 0 Å². The van der Waals surface area contributed by atoms with E-state index in [4.69, 9.17) is 16.3 Å². The molecule has 0 saturated carbocycles. The molecule has 1 atom stereocenters. The van der Waals surface area contributed by atoms with E-state index in [9.17, 15) is 12.8 Å². The number of nitrogens with one attached hydrogen (secondary N) is 1. The number of ether oxygens (including phenoxy) is 1. The molecule has 0 bridgehead atoms. The molecule has 0 spiro atoms. The summed E-state index contributed by atoms with van der Waals surface area (Å²) < 4.78 is 44.7. The van der Waals surface area contributed by atoms with Gasteiger partial charge in [0, 0.05) is 13.2 Å². The maximum absolute atomic E-state index is 12.9. The topological polar surface area (TPSA) is 55.4 Å². The third-order valence-corrected chi connectivity index (χ3v) is 4.91. The van der Waals surface area contributed by atoms with Gasteiger partial charge in [-0.05, 0) is 37.5 Å². The standard InChI is InChI=1S/C12H15ClFNO3S/c13-11-8-9(14)3-4-12(11)19(16,17)15-6-5-10-2-1-7-18-10/h3-4,8,10,15H,1-2,5-7H2. The van der Waals surface area contributed by atoms with Gasteiger partial charge in [-0.3, -0.25) is 0 Å². The average Bonchev–Trinajstić information content (AvgIpc) is 2.81. The number of benzene rings is 1. The number of hydrogen-bond donors (Lipinski definition) is 1. The van der Waals surface area contributed by atoms with Crippen molar-refractivity contribution in [3.8, 4) is 0 Å². The Balaban J connectivity index is 1.97. The lowest BCUT2D eigenvalue weighted by atomic mass is 10.2. The van der Waals surface area contributed by atoms with Crippen molar-refractivity contribution in [1.82, 2.24) is 4.72 Å². The van der Waals surface area contributed by atoms with Crippen LogP contribution in [0.3, 0.4) is 0 Å². The Kier molecular flexibility index (Phi) is 4.78. The quantitative estimate of drug-likeness (QED) is 0.908. The van der Waals surface area contributed by atoms with Gasteiger partial charge in [-0.2, -0.15) is 0 Å². The van der Waals surface area contributed by atoms with Crippen molar-refractivity contribution in [2.45, 2.75) is 30.3 Å². The lowest BCUT2D eigenvalue weighted by molar-refractivity contribution is 0.105. The molecular formula is C12H15ClFNO3S. The summed E-state index contributed by atoms with van der Waals surface area (Å²) in [5.74, 6) is -0.566. The van der Waals surface area contributed by atoms with E-state index in [1.54, 1.807) is 0 Å². The second-order valence-electron chi connectivity index (χ2n) is 4.40. The molecule has 1 heterocycles. The summed E-state index contributed by atoms with van der Waals surface area (Å²) in [5, 5.41) is -0.121. The number of rotatable bonds is 5. The summed E-state index contributed by atoms with van der Waals surface area (Å²) in [6.07, 6.45) is 2.71. The van der Waals surface area contributed by atoms with Crippen molar-refractivity contribution in [2.24, 2.45) is 0 Å². The fourth-order valence-electron chi connectivity index (χ4n) is 2.00. The van der Waals surface area contributed by atoms with E-state index in [0.717, 1.165) is 37.6 Å². The smallest absolute Gasteiger partial charge is 0.242 e. The molecule has 1 N–H and O–H groups in total.